The van der Waals surface area contributed by atoms with Gasteiger partial charge in [-0.15, -0.1) is 0 Å². The van der Waals surface area contributed by atoms with Crippen LogP contribution in [0.1, 0.15) is 18.9 Å². The van der Waals surface area contributed by atoms with Gasteiger partial charge in [0.25, 0.3) is 0 Å². The number of aromatic nitrogens is 2. The van der Waals surface area contributed by atoms with Gasteiger partial charge < -0.3 is 14.6 Å². The molecule has 6 nitrogen and oxygen atoms in total. The fourth-order valence-electron chi connectivity index (χ4n) is 3.15. The molecule has 1 aliphatic rings. The Morgan fingerprint density at radius 2 is 2.20 bits per heavy atom. The number of hydrogen-bond acceptors (Lipinski definition) is 4. The Hall–Kier alpha value is -2.34. The molecule has 0 bridgehead atoms. The van der Waals surface area contributed by atoms with Crippen molar-refractivity contribution < 1.29 is 9.53 Å². The van der Waals surface area contributed by atoms with Gasteiger partial charge in [-0.05, 0) is 37.6 Å². The zero-order valence-electron chi connectivity index (χ0n) is 14.7. The molecule has 1 N–H and O–H groups in total. The molecular weight excluding hydrogens is 316 g/mol. The average Bonchev–Trinajstić information content (AvgIpc) is 3.29. The monoisotopic (exact) mass is 342 g/mol. The summed E-state index contributed by atoms with van der Waals surface area (Å²) in [5.41, 5.74) is 1.25. The van der Waals surface area contributed by atoms with Crippen molar-refractivity contribution in [2.45, 2.75) is 26.4 Å². The van der Waals surface area contributed by atoms with Crippen LogP contribution in [0, 0.1) is 5.92 Å². The molecule has 0 aliphatic carbocycles. The summed E-state index contributed by atoms with van der Waals surface area (Å²) in [7, 11) is 0. The van der Waals surface area contributed by atoms with Crippen LogP contribution in [0.2, 0.25) is 0 Å². The summed E-state index contributed by atoms with van der Waals surface area (Å²) in [6.07, 6.45) is 6.43. The van der Waals surface area contributed by atoms with E-state index in [0.717, 1.165) is 38.3 Å². The van der Waals surface area contributed by atoms with Crippen LogP contribution in [0.3, 0.4) is 0 Å². The van der Waals surface area contributed by atoms with Crippen molar-refractivity contribution >= 4 is 5.91 Å². The number of nitrogens with one attached hydrogen (secondary N) is 1. The van der Waals surface area contributed by atoms with Gasteiger partial charge in [0.2, 0.25) is 5.91 Å². The maximum absolute atomic E-state index is 11.9. The molecule has 3 rings (SSSR count). The standard InChI is InChI=1S/C19H26N4O2/c1-2-21-19(24)17-7-9-23(14-17)13-16-3-5-18(6-4-16)25-12-11-22-10-8-20-15-22/h3-6,8,10,15,17H,2,7,9,11-14H2,1H3,(H,21,24)/t17-/m0/s1. The maximum atomic E-state index is 11.9. The van der Waals surface area contributed by atoms with Crippen LogP contribution in [0.4, 0.5) is 0 Å². The fourth-order valence-corrected chi connectivity index (χ4v) is 3.15. The number of likely N-dealkylation sites (tertiary alicyclic amines) is 1. The Labute approximate surface area is 148 Å². The third-order valence-corrected chi connectivity index (χ3v) is 4.50. The van der Waals surface area contributed by atoms with Crippen LogP contribution in [-0.4, -0.2) is 46.6 Å². The van der Waals surface area contributed by atoms with E-state index in [1.807, 2.05) is 29.8 Å². The van der Waals surface area contributed by atoms with Crippen molar-refractivity contribution in [3.8, 4) is 5.75 Å². The summed E-state index contributed by atoms with van der Waals surface area (Å²) in [4.78, 5) is 18.3. The number of nitrogens with zero attached hydrogens (tertiary/aromatic N) is 3. The maximum Gasteiger partial charge on any atom is 0.224 e. The summed E-state index contributed by atoms with van der Waals surface area (Å²) in [6.45, 7) is 6.78. The highest BCUT2D eigenvalue weighted by Crippen LogP contribution is 2.20. The van der Waals surface area contributed by atoms with E-state index in [-0.39, 0.29) is 11.8 Å². The molecule has 2 aromatic rings. The van der Waals surface area contributed by atoms with E-state index in [1.165, 1.54) is 5.56 Å². The van der Waals surface area contributed by atoms with E-state index in [2.05, 4.69) is 27.3 Å². The Morgan fingerprint density at radius 3 is 2.92 bits per heavy atom. The number of imidazole rings is 1. The summed E-state index contributed by atoms with van der Waals surface area (Å²) in [5, 5.41) is 2.92. The second-order valence-corrected chi connectivity index (χ2v) is 6.41. The number of carbonyl (C=O) groups is 1. The van der Waals surface area contributed by atoms with Crippen LogP contribution < -0.4 is 10.1 Å². The molecular formula is C19H26N4O2. The second kappa shape index (κ2) is 8.67. The molecule has 6 heteroatoms. The van der Waals surface area contributed by atoms with E-state index in [0.29, 0.717) is 13.2 Å². The normalized spacial score (nSPS) is 17.6. The highest BCUT2D eigenvalue weighted by molar-refractivity contribution is 5.79. The molecule has 1 aromatic carbocycles. The lowest BCUT2D eigenvalue weighted by Gasteiger charge is -2.16. The van der Waals surface area contributed by atoms with Gasteiger partial charge >= 0.3 is 0 Å². The summed E-state index contributed by atoms with van der Waals surface area (Å²) >= 11 is 0. The van der Waals surface area contributed by atoms with Gasteiger partial charge in [-0.3, -0.25) is 9.69 Å². The minimum absolute atomic E-state index is 0.130. The number of ether oxygens (including phenoxy) is 1. The van der Waals surface area contributed by atoms with E-state index in [9.17, 15) is 4.79 Å². The molecule has 1 amide bonds. The molecule has 1 saturated heterocycles. The van der Waals surface area contributed by atoms with Gasteiger partial charge in [-0.2, -0.15) is 0 Å². The molecule has 0 saturated carbocycles. The Balaban J connectivity index is 1.42. The summed E-state index contributed by atoms with van der Waals surface area (Å²) < 4.78 is 7.76. The second-order valence-electron chi connectivity index (χ2n) is 6.41. The molecule has 1 aromatic heterocycles. The summed E-state index contributed by atoms with van der Waals surface area (Å²) in [6, 6.07) is 8.24. The molecule has 1 fully saturated rings. The lowest BCUT2D eigenvalue weighted by molar-refractivity contribution is -0.124. The van der Waals surface area contributed by atoms with E-state index >= 15 is 0 Å². The Morgan fingerprint density at radius 1 is 1.36 bits per heavy atom. The van der Waals surface area contributed by atoms with Crippen molar-refractivity contribution in [3.05, 3.63) is 48.5 Å². The zero-order valence-corrected chi connectivity index (χ0v) is 14.7. The minimum atomic E-state index is 0.130. The lowest BCUT2D eigenvalue weighted by Crippen LogP contribution is -2.32. The number of rotatable bonds is 8. The van der Waals surface area contributed by atoms with Crippen molar-refractivity contribution in [3.63, 3.8) is 0 Å². The molecule has 0 radical (unpaired) electrons. The Bertz CT molecular complexity index is 655. The van der Waals surface area contributed by atoms with Gasteiger partial charge in [-0.25, -0.2) is 4.98 Å². The molecule has 25 heavy (non-hydrogen) atoms. The topological polar surface area (TPSA) is 59.4 Å². The van der Waals surface area contributed by atoms with Crippen LogP contribution in [0.5, 0.6) is 5.75 Å². The Kier molecular flexibility index (Phi) is 6.06. The number of benzene rings is 1. The van der Waals surface area contributed by atoms with Crippen molar-refractivity contribution in [1.82, 2.24) is 19.8 Å². The first-order valence-electron chi connectivity index (χ1n) is 8.92. The van der Waals surface area contributed by atoms with Crippen LogP contribution in [0.15, 0.2) is 43.0 Å². The lowest BCUT2D eigenvalue weighted by atomic mass is 10.1. The van der Waals surface area contributed by atoms with Gasteiger partial charge in [0.15, 0.2) is 0 Å². The zero-order chi connectivity index (χ0) is 17.5. The molecule has 134 valence electrons. The highest BCUT2D eigenvalue weighted by atomic mass is 16.5. The number of amides is 1. The third-order valence-electron chi connectivity index (χ3n) is 4.50. The minimum Gasteiger partial charge on any atom is -0.492 e. The van der Waals surface area contributed by atoms with E-state index in [1.54, 1.807) is 12.5 Å². The molecule has 1 atom stereocenters. The van der Waals surface area contributed by atoms with Crippen LogP contribution in [0.25, 0.3) is 0 Å². The number of carbonyl (C=O) groups excluding carboxylic acids is 1. The van der Waals surface area contributed by atoms with Crippen LogP contribution >= 0.6 is 0 Å². The quantitative estimate of drug-likeness (QED) is 0.796. The predicted molar refractivity (Wildman–Crippen MR) is 96.2 cm³/mol. The molecule has 0 unspecified atom stereocenters. The fraction of sp³-hybridized carbons (Fsp3) is 0.474. The largest absolute Gasteiger partial charge is 0.492 e. The molecule has 1 aliphatic heterocycles. The molecule has 2 heterocycles. The van der Waals surface area contributed by atoms with Crippen molar-refractivity contribution in [2.75, 3.05) is 26.2 Å². The van der Waals surface area contributed by atoms with Gasteiger partial charge in [0.1, 0.15) is 12.4 Å². The third kappa shape index (κ3) is 5.06. The van der Waals surface area contributed by atoms with Gasteiger partial charge in [0, 0.05) is 32.0 Å². The predicted octanol–water partition coefficient (Wildman–Crippen LogP) is 1.92. The summed E-state index contributed by atoms with van der Waals surface area (Å²) in [5.74, 6) is 1.20. The smallest absolute Gasteiger partial charge is 0.224 e. The van der Waals surface area contributed by atoms with E-state index in [4.69, 9.17) is 4.74 Å². The SMILES string of the molecule is CCNC(=O)[C@H]1CCN(Cc2ccc(OCCn3ccnc3)cc2)C1. The van der Waals surface area contributed by atoms with Crippen molar-refractivity contribution in [2.24, 2.45) is 5.92 Å². The van der Waals surface area contributed by atoms with Crippen LogP contribution in [-0.2, 0) is 17.9 Å². The number of hydrogen-bond donors (Lipinski definition) is 1. The molecule has 0 spiro atoms. The first-order valence-corrected chi connectivity index (χ1v) is 8.92. The average molecular weight is 342 g/mol. The first-order chi connectivity index (χ1) is 12.2. The highest BCUT2D eigenvalue weighted by Gasteiger charge is 2.27. The first kappa shape index (κ1) is 17.5. The van der Waals surface area contributed by atoms with E-state index < -0.39 is 0 Å². The van der Waals surface area contributed by atoms with Gasteiger partial charge in [-0.1, -0.05) is 12.1 Å². The van der Waals surface area contributed by atoms with Crippen molar-refractivity contribution in [1.29, 1.82) is 0 Å². The van der Waals surface area contributed by atoms with Gasteiger partial charge in [0.05, 0.1) is 18.8 Å².